The van der Waals surface area contributed by atoms with E-state index in [-0.39, 0.29) is 5.41 Å². The molecule has 0 unspecified atom stereocenters. The van der Waals surface area contributed by atoms with Crippen LogP contribution in [0.1, 0.15) is 24.2 Å². The Morgan fingerprint density at radius 2 is 1.90 bits per heavy atom. The monoisotopic (exact) mass is 278 g/mol. The van der Waals surface area contributed by atoms with Crippen molar-refractivity contribution < 1.29 is 4.52 Å². The summed E-state index contributed by atoms with van der Waals surface area (Å²) in [4.78, 5) is 8.61. The van der Waals surface area contributed by atoms with Gasteiger partial charge in [-0.3, -0.25) is 4.98 Å². The van der Waals surface area contributed by atoms with Gasteiger partial charge in [0.05, 0.1) is 16.7 Å². The minimum absolute atomic E-state index is 0.0865. The van der Waals surface area contributed by atoms with Crippen LogP contribution in [0.5, 0.6) is 0 Å². The summed E-state index contributed by atoms with van der Waals surface area (Å²) in [6.07, 6.45) is 5.36. The topological polar surface area (TPSA) is 77.8 Å². The van der Waals surface area contributed by atoms with E-state index in [1.54, 1.807) is 18.5 Å². The first kappa shape index (κ1) is 12.1. The molecule has 5 nitrogen and oxygen atoms in total. The molecule has 21 heavy (non-hydrogen) atoms. The van der Waals surface area contributed by atoms with Gasteiger partial charge in [0.25, 0.3) is 5.89 Å². The molecule has 1 aromatic carbocycles. The molecule has 0 bridgehead atoms. The summed E-state index contributed by atoms with van der Waals surface area (Å²) in [5, 5.41) is 4.18. The maximum absolute atomic E-state index is 5.74. The molecule has 2 N–H and O–H groups in total. The Labute approximate surface area is 121 Å². The maximum atomic E-state index is 5.74. The first-order chi connectivity index (χ1) is 10.3. The number of nitrogen functional groups attached to an aromatic ring is 1. The average Bonchev–Trinajstić information content (AvgIpc) is 3.18. The Morgan fingerprint density at radius 1 is 1.10 bits per heavy atom. The Hall–Kier alpha value is -2.69. The largest absolute Gasteiger partial charge is 0.397 e. The summed E-state index contributed by atoms with van der Waals surface area (Å²) in [6.45, 7) is 0. The van der Waals surface area contributed by atoms with Crippen LogP contribution < -0.4 is 5.73 Å². The van der Waals surface area contributed by atoms with Gasteiger partial charge in [-0.2, -0.15) is 4.98 Å². The van der Waals surface area contributed by atoms with Crippen molar-refractivity contribution >= 4 is 5.69 Å². The fourth-order valence-electron chi connectivity index (χ4n) is 2.63. The van der Waals surface area contributed by atoms with E-state index in [0.717, 1.165) is 24.2 Å². The number of anilines is 1. The molecule has 0 radical (unpaired) electrons. The molecule has 1 fully saturated rings. The van der Waals surface area contributed by atoms with Crippen molar-refractivity contribution in [2.24, 2.45) is 0 Å². The second kappa shape index (κ2) is 4.41. The van der Waals surface area contributed by atoms with Crippen LogP contribution in [0.15, 0.2) is 53.3 Å². The first-order valence-corrected chi connectivity index (χ1v) is 6.89. The molecule has 0 aliphatic heterocycles. The van der Waals surface area contributed by atoms with Gasteiger partial charge in [-0.05, 0) is 24.5 Å². The van der Waals surface area contributed by atoms with Crippen molar-refractivity contribution in [3.8, 4) is 11.5 Å². The summed E-state index contributed by atoms with van der Waals surface area (Å²) < 4.78 is 5.40. The highest BCUT2D eigenvalue weighted by molar-refractivity contribution is 5.57. The minimum Gasteiger partial charge on any atom is -0.397 e. The van der Waals surface area contributed by atoms with Crippen LogP contribution in [0.2, 0.25) is 0 Å². The summed E-state index contributed by atoms with van der Waals surface area (Å²) >= 11 is 0. The van der Waals surface area contributed by atoms with Crippen molar-refractivity contribution in [2.45, 2.75) is 18.3 Å². The number of nitrogens with two attached hydrogens (primary N) is 1. The van der Waals surface area contributed by atoms with Crippen LogP contribution in [0.4, 0.5) is 5.69 Å². The third kappa shape index (κ3) is 1.98. The average molecular weight is 278 g/mol. The third-order valence-electron chi connectivity index (χ3n) is 3.94. The molecular formula is C16H14N4O. The number of pyridine rings is 1. The molecule has 0 atom stereocenters. The zero-order valence-electron chi connectivity index (χ0n) is 11.4. The fourth-order valence-corrected chi connectivity index (χ4v) is 2.63. The van der Waals surface area contributed by atoms with E-state index >= 15 is 0 Å². The second-order valence-electron chi connectivity index (χ2n) is 5.38. The predicted molar refractivity (Wildman–Crippen MR) is 78.4 cm³/mol. The van der Waals surface area contributed by atoms with Crippen molar-refractivity contribution in [1.82, 2.24) is 15.1 Å². The molecular weight excluding hydrogens is 264 g/mol. The molecule has 1 saturated carbocycles. The van der Waals surface area contributed by atoms with E-state index in [2.05, 4.69) is 27.3 Å². The summed E-state index contributed by atoms with van der Waals surface area (Å²) in [7, 11) is 0. The smallest absolute Gasteiger partial charge is 0.259 e. The van der Waals surface area contributed by atoms with Crippen LogP contribution in [-0.4, -0.2) is 15.1 Å². The lowest BCUT2D eigenvalue weighted by Gasteiger charge is -2.09. The van der Waals surface area contributed by atoms with Crippen molar-refractivity contribution in [1.29, 1.82) is 0 Å². The normalized spacial score (nSPS) is 15.8. The van der Waals surface area contributed by atoms with E-state index in [1.807, 2.05) is 18.2 Å². The number of rotatable bonds is 3. The van der Waals surface area contributed by atoms with Gasteiger partial charge in [0.2, 0.25) is 0 Å². The van der Waals surface area contributed by atoms with Crippen LogP contribution in [0.3, 0.4) is 0 Å². The quantitative estimate of drug-likeness (QED) is 0.797. The van der Waals surface area contributed by atoms with E-state index in [9.17, 15) is 0 Å². The zero-order chi connectivity index (χ0) is 14.3. The minimum atomic E-state index is -0.0865. The van der Waals surface area contributed by atoms with Gasteiger partial charge in [0.1, 0.15) is 0 Å². The molecule has 3 aromatic rings. The second-order valence-corrected chi connectivity index (χ2v) is 5.38. The number of benzene rings is 1. The van der Waals surface area contributed by atoms with E-state index in [0.29, 0.717) is 11.6 Å². The molecule has 0 saturated heterocycles. The van der Waals surface area contributed by atoms with Crippen LogP contribution in [-0.2, 0) is 5.41 Å². The Kier molecular flexibility index (Phi) is 2.54. The highest BCUT2D eigenvalue weighted by Crippen LogP contribution is 2.52. The van der Waals surface area contributed by atoms with Crippen molar-refractivity contribution in [2.75, 3.05) is 5.73 Å². The number of nitrogens with zero attached hydrogens (tertiary/aromatic N) is 3. The number of hydrogen-bond acceptors (Lipinski definition) is 5. The van der Waals surface area contributed by atoms with Crippen molar-refractivity contribution in [3.63, 3.8) is 0 Å². The Morgan fingerprint density at radius 3 is 2.62 bits per heavy atom. The molecule has 0 amide bonds. The summed E-state index contributed by atoms with van der Waals surface area (Å²) in [5.74, 6) is 1.21. The molecule has 5 heteroatoms. The van der Waals surface area contributed by atoms with E-state index in [4.69, 9.17) is 10.3 Å². The molecule has 4 rings (SSSR count). The lowest BCUT2D eigenvalue weighted by molar-refractivity contribution is 0.417. The lowest BCUT2D eigenvalue weighted by Crippen LogP contribution is -2.10. The van der Waals surface area contributed by atoms with Crippen LogP contribution >= 0.6 is 0 Å². The number of aromatic nitrogens is 3. The highest BCUT2D eigenvalue weighted by atomic mass is 16.5. The van der Waals surface area contributed by atoms with Gasteiger partial charge in [0.15, 0.2) is 5.82 Å². The van der Waals surface area contributed by atoms with Crippen LogP contribution in [0, 0.1) is 0 Å². The van der Waals surface area contributed by atoms with E-state index < -0.39 is 0 Å². The Bertz CT molecular complexity index is 778. The maximum Gasteiger partial charge on any atom is 0.259 e. The molecule has 1 aliphatic carbocycles. The first-order valence-electron chi connectivity index (χ1n) is 6.89. The van der Waals surface area contributed by atoms with Gasteiger partial charge in [-0.15, -0.1) is 0 Å². The van der Waals surface area contributed by atoms with Crippen molar-refractivity contribution in [3.05, 3.63) is 60.2 Å². The van der Waals surface area contributed by atoms with Crippen LogP contribution in [0.25, 0.3) is 11.5 Å². The highest BCUT2D eigenvalue weighted by Gasteiger charge is 2.49. The molecule has 1 aliphatic rings. The number of hydrogen-bond donors (Lipinski definition) is 1. The molecule has 0 spiro atoms. The van der Waals surface area contributed by atoms with Gasteiger partial charge in [0, 0.05) is 12.4 Å². The summed E-state index contributed by atoms with van der Waals surface area (Å²) in [6, 6.07) is 12.1. The fraction of sp³-hybridized carbons (Fsp3) is 0.188. The van der Waals surface area contributed by atoms with Gasteiger partial charge in [-0.1, -0.05) is 35.5 Å². The Balaban J connectivity index is 1.72. The lowest BCUT2D eigenvalue weighted by atomic mass is 9.95. The molecule has 2 heterocycles. The van der Waals surface area contributed by atoms with Gasteiger partial charge < -0.3 is 10.3 Å². The standard InChI is InChI=1S/C16H14N4O/c17-13-8-11(9-18-10-13)14-19-15(20-21-14)16(6-7-16)12-4-2-1-3-5-12/h1-5,8-10H,6-7,17H2. The zero-order valence-corrected chi connectivity index (χ0v) is 11.4. The van der Waals surface area contributed by atoms with E-state index in [1.165, 1.54) is 5.56 Å². The SMILES string of the molecule is Nc1cncc(-c2nc(C3(c4ccccc4)CC3)no2)c1. The third-order valence-corrected chi connectivity index (χ3v) is 3.94. The van der Waals surface area contributed by atoms with Gasteiger partial charge in [-0.25, -0.2) is 0 Å². The predicted octanol–water partition coefficient (Wildman–Crippen LogP) is 2.79. The molecule has 2 aromatic heterocycles. The molecule has 104 valence electrons. The van der Waals surface area contributed by atoms with Gasteiger partial charge >= 0.3 is 0 Å². The summed E-state index contributed by atoms with van der Waals surface area (Å²) in [5.41, 5.74) is 8.22.